The molecule has 0 spiro atoms. The van der Waals surface area contributed by atoms with Gasteiger partial charge in [0.25, 0.3) is 0 Å². The fourth-order valence-electron chi connectivity index (χ4n) is 1.14. The van der Waals surface area contributed by atoms with Crippen molar-refractivity contribution < 1.29 is 22.0 Å². The van der Waals surface area contributed by atoms with Crippen LogP contribution in [-0.4, -0.2) is 21.2 Å². The second-order valence-corrected chi connectivity index (χ2v) is 3.19. The number of nitrogens with zero attached hydrogens (tertiary/aromatic N) is 4. The summed E-state index contributed by atoms with van der Waals surface area (Å²) in [6.07, 6.45) is -5.37. The molecule has 0 bridgehead atoms. The largest absolute Gasteiger partial charge is 0.459 e. The van der Waals surface area contributed by atoms with E-state index in [1.54, 1.807) is 6.92 Å². The van der Waals surface area contributed by atoms with E-state index in [-0.39, 0.29) is 6.54 Å². The van der Waals surface area contributed by atoms with Crippen molar-refractivity contribution in [3.8, 4) is 6.07 Å². The predicted octanol–water partition coefficient (Wildman–Crippen LogP) is 2.21. The van der Waals surface area contributed by atoms with Crippen molar-refractivity contribution in [3.05, 3.63) is 11.4 Å². The second kappa shape index (κ2) is 4.27. The number of nitriles is 1. The van der Waals surface area contributed by atoms with Gasteiger partial charge in [0.15, 0.2) is 11.4 Å². The van der Waals surface area contributed by atoms with Gasteiger partial charge in [0.1, 0.15) is 6.07 Å². The van der Waals surface area contributed by atoms with Crippen molar-refractivity contribution in [1.29, 1.82) is 5.26 Å². The average molecular weight is 254 g/mol. The zero-order chi connectivity index (χ0) is 13.3. The monoisotopic (exact) mass is 254 g/mol. The molecule has 0 atom stereocenters. The van der Waals surface area contributed by atoms with Crippen LogP contribution in [0.3, 0.4) is 0 Å². The molecule has 1 rings (SSSR count). The fourth-order valence-corrected chi connectivity index (χ4v) is 1.14. The van der Waals surface area contributed by atoms with Crippen LogP contribution in [0.5, 0.6) is 0 Å². The summed E-state index contributed by atoms with van der Waals surface area (Å²) < 4.78 is 63.0. The SMILES string of the molecule is CCCn1nnc(C(F)(F)C(F)(F)F)c1C#N. The number of aryl methyl sites for hydroxylation is 1. The van der Waals surface area contributed by atoms with Crippen molar-refractivity contribution in [3.63, 3.8) is 0 Å². The van der Waals surface area contributed by atoms with Gasteiger partial charge in [-0.15, -0.1) is 5.10 Å². The Morgan fingerprint density at radius 1 is 1.29 bits per heavy atom. The number of rotatable bonds is 3. The first-order valence-electron chi connectivity index (χ1n) is 4.54. The van der Waals surface area contributed by atoms with Crippen molar-refractivity contribution in [1.82, 2.24) is 15.0 Å². The van der Waals surface area contributed by atoms with Gasteiger partial charge in [0, 0.05) is 6.54 Å². The third-order valence-corrected chi connectivity index (χ3v) is 1.93. The van der Waals surface area contributed by atoms with E-state index in [2.05, 4.69) is 10.3 Å². The summed E-state index contributed by atoms with van der Waals surface area (Å²) in [4.78, 5) is 0. The van der Waals surface area contributed by atoms with Gasteiger partial charge in [-0.2, -0.15) is 27.2 Å². The molecule has 1 heterocycles. The molecule has 0 radical (unpaired) electrons. The molecule has 0 saturated carbocycles. The van der Waals surface area contributed by atoms with Crippen molar-refractivity contribution >= 4 is 0 Å². The summed E-state index contributed by atoms with van der Waals surface area (Å²) in [6, 6.07) is 1.27. The molecule has 0 unspecified atom stereocenters. The third-order valence-electron chi connectivity index (χ3n) is 1.93. The molecular formula is C8H7F5N4. The number of hydrogen-bond donors (Lipinski definition) is 0. The van der Waals surface area contributed by atoms with E-state index in [0.717, 1.165) is 4.68 Å². The molecule has 0 aliphatic rings. The van der Waals surface area contributed by atoms with Crippen LogP contribution in [0.4, 0.5) is 22.0 Å². The molecule has 0 aliphatic heterocycles. The number of alkyl halides is 5. The minimum Gasteiger partial charge on any atom is -0.234 e. The summed E-state index contributed by atoms with van der Waals surface area (Å²) in [6.45, 7) is 1.70. The molecule has 94 valence electrons. The Morgan fingerprint density at radius 2 is 1.88 bits per heavy atom. The summed E-state index contributed by atoms with van der Waals surface area (Å²) in [5.74, 6) is -5.18. The molecule has 0 aliphatic carbocycles. The van der Waals surface area contributed by atoms with Crippen LogP contribution >= 0.6 is 0 Å². The van der Waals surface area contributed by atoms with Crippen LogP contribution in [0.15, 0.2) is 0 Å². The van der Waals surface area contributed by atoms with E-state index < -0.39 is 23.5 Å². The topological polar surface area (TPSA) is 54.5 Å². The zero-order valence-corrected chi connectivity index (χ0v) is 8.59. The lowest BCUT2D eigenvalue weighted by molar-refractivity contribution is -0.291. The van der Waals surface area contributed by atoms with Gasteiger partial charge in [0.05, 0.1) is 0 Å². The van der Waals surface area contributed by atoms with Crippen LogP contribution < -0.4 is 0 Å². The zero-order valence-electron chi connectivity index (χ0n) is 8.59. The summed E-state index contributed by atoms with van der Waals surface area (Å²) >= 11 is 0. The lowest BCUT2D eigenvalue weighted by Gasteiger charge is -2.17. The van der Waals surface area contributed by atoms with Gasteiger partial charge in [-0.25, -0.2) is 4.68 Å². The van der Waals surface area contributed by atoms with Gasteiger partial charge >= 0.3 is 12.1 Å². The van der Waals surface area contributed by atoms with E-state index in [0.29, 0.717) is 6.42 Å². The summed E-state index contributed by atoms with van der Waals surface area (Å²) in [7, 11) is 0. The van der Waals surface area contributed by atoms with Crippen LogP contribution in [0.1, 0.15) is 24.7 Å². The first-order chi connectivity index (χ1) is 7.75. The summed E-state index contributed by atoms with van der Waals surface area (Å²) in [5, 5.41) is 14.5. The molecule has 4 nitrogen and oxygen atoms in total. The Kier molecular flexibility index (Phi) is 3.35. The molecule has 17 heavy (non-hydrogen) atoms. The van der Waals surface area contributed by atoms with E-state index in [1.807, 2.05) is 0 Å². The fraction of sp³-hybridized carbons (Fsp3) is 0.625. The Bertz CT molecular complexity index is 442. The first-order valence-corrected chi connectivity index (χ1v) is 4.54. The Morgan fingerprint density at radius 3 is 2.29 bits per heavy atom. The number of halogens is 5. The van der Waals surface area contributed by atoms with Crippen molar-refractivity contribution in [2.75, 3.05) is 0 Å². The normalized spacial score (nSPS) is 12.5. The lowest BCUT2D eigenvalue weighted by atomic mass is 10.2. The van der Waals surface area contributed by atoms with Crippen molar-refractivity contribution in [2.45, 2.75) is 32.0 Å². The van der Waals surface area contributed by atoms with Crippen molar-refractivity contribution in [2.24, 2.45) is 0 Å². The highest BCUT2D eigenvalue weighted by atomic mass is 19.4. The average Bonchev–Trinajstić information content (AvgIpc) is 2.60. The maximum absolute atomic E-state index is 13.0. The molecular weight excluding hydrogens is 247 g/mol. The lowest BCUT2D eigenvalue weighted by Crippen LogP contribution is -2.35. The highest BCUT2D eigenvalue weighted by Gasteiger charge is 2.62. The van der Waals surface area contributed by atoms with Gasteiger partial charge in [-0.3, -0.25) is 0 Å². The van der Waals surface area contributed by atoms with E-state index in [1.165, 1.54) is 6.07 Å². The molecule has 0 fully saturated rings. The van der Waals surface area contributed by atoms with Gasteiger partial charge in [-0.05, 0) is 6.42 Å². The van der Waals surface area contributed by atoms with E-state index >= 15 is 0 Å². The second-order valence-electron chi connectivity index (χ2n) is 3.19. The highest BCUT2D eigenvalue weighted by molar-refractivity contribution is 5.29. The molecule has 1 aromatic heterocycles. The number of aromatic nitrogens is 3. The molecule has 0 N–H and O–H groups in total. The quantitative estimate of drug-likeness (QED) is 0.777. The first kappa shape index (κ1) is 13.3. The minimum absolute atomic E-state index is 0.0455. The maximum Gasteiger partial charge on any atom is 0.459 e. The van der Waals surface area contributed by atoms with Gasteiger partial charge < -0.3 is 0 Å². The third kappa shape index (κ3) is 2.20. The molecule has 0 saturated heterocycles. The molecule has 0 amide bonds. The van der Waals surface area contributed by atoms with E-state index in [9.17, 15) is 22.0 Å². The Labute approximate surface area is 92.6 Å². The highest BCUT2D eigenvalue weighted by Crippen LogP contribution is 2.43. The maximum atomic E-state index is 13.0. The van der Waals surface area contributed by atoms with Crippen LogP contribution in [-0.2, 0) is 12.5 Å². The van der Waals surface area contributed by atoms with Gasteiger partial charge in [0.2, 0.25) is 0 Å². The van der Waals surface area contributed by atoms with Crippen LogP contribution in [0, 0.1) is 11.3 Å². The Balaban J connectivity index is 3.29. The molecule has 9 heteroatoms. The predicted molar refractivity (Wildman–Crippen MR) is 45.0 cm³/mol. The van der Waals surface area contributed by atoms with Crippen LogP contribution in [0.25, 0.3) is 0 Å². The Hall–Kier alpha value is -1.72. The molecule has 1 aromatic rings. The van der Waals surface area contributed by atoms with Crippen LogP contribution in [0.2, 0.25) is 0 Å². The minimum atomic E-state index is -5.80. The van der Waals surface area contributed by atoms with E-state index in [4.69, 9.17) is 5.26 Å². The van der Waals surface area contributed by atoms with Gasteiger partial charge in [-0.1, -0.05) is 12.1 Å². The smallest absolute Gasteiger partial charge is 0.234 e. The number of hydrogen-bond acceptors (Lipinski definition) is 3. The standard InChI is InChI=1S/C8H7F5N4/c1-2-3-17-5(4-14)6(15-16-17)7(9,10)8(11,12)13/h2-3H2,1H3. The summed E-state index contributed by atoms with van der Waals surface area (Å²) in [5.41, 5.74) is -2.52. The molecule has 0 aromatic carbocycles.